The molecule has 3 unspecified atom stereocenters. The molecule has 0 bridgehead atoms. The minimum atomic E-state index is -0.277. The highest BCUT2D eigenvalue weighted by molar-refractivity contribution is 5.79. The molecular weight excluding hydrogens is 234 g/mol. The molecule has 3 atom stereocenters. The summed E-state index contributed by atoms with van der Waals surface area (Å²) >= 11 is 0. The van der Waals surface area contributed by atoms with Crippen LogP contribution >= 0.6 is 0 Å². The summed E-state index contributed by atoms with van der Waals surface area (Å²) in [6, 6.07) is 10.3. The van der Waals surface area contributed by atoms with Crippen LogP contribution in [-0.4, -0.2) is 10.1 Å². The predicted octanol–water partition coefficient (Wildman–Crippen LogP) is 3.62. The van der Waals surface area contributed by atoms with Crippen LogP contribution in [0.15, 0.2) is 30.3 Å². The lowest BCUT2D eigenvalue weighted by Gasteiger charge is -2.13. The summed E-state index contributed by atoms with van der Waals surface area (Å²) in [6.07, 6.45) is 3.72. The van der Waals surface area contributed by atoms with Crippen LogP contribution in [0.1, 0.15) is 36.6 Å². The minimum absolute atomic E-state index is 0.277. The largest absolute Gasteiger partial charge is 0.388 e. The maximum absolute atomic E-state index is 10.6. The number of fused-ring (bicyclic) bond motifs is 2. The molecule has 4 rings (SSSR count). The molecule has 0 aliphatic heterocycles. The molecule has 1 heterocycles. The van der Waals surface area contributed by atoms with Crippen LogP contribution in [0.2, 0.25) is 0 Å². The van der Waals surface area contributed by atoms with Crippen molar-refractivity contribution >= 4 is 10.9 Å². The number of benzene rings is 1. The molecular formula is C17H19NO. The number of pyridine rings is 1. The Bertz CT molecular complexity index is 626. The summed E-state index contributed by atoms with van der Waals surface area (Å²) in [4.78, 5) is 4.51. The van der Waals surface area contributed by atoms with E-state index in [1.165, 1.54) is 19.3 Å². The number of aryl methyl sites for hydroxylation is 1. The highest BCUT2D eigenvalue weighted by atomic mass is 16.3. The molecule has 1 aromatic heterocycles. The monoisotopic (exact) mass is 253 g/mol. The zero-order chi connectivity index (χ0) is 13.0. The Labute approximate surface area is 113 Å². The van der Waals surface area contributed by atoms with Gasteiger partial charge in [0, 0.05) is 11.1 Å². The Morgan fingerprint density at radius 3 is 2.74 bits per heavy atom. The van der Waals surface area contributed by atoms with Gasteiger partial charge in [0.25, 0.3) is 0 Å². The fourth-order valence-electron chi connectivity index (χ4n) is 4.00. The van der Waals surface area contributed by atoms with E-state index in [0.717, 1.165) is 34.0 Å². The molecule has 2 saturated carbocycles. The van der Waals surface area contributed by atoms with Gasteiger partial charge in [-0.05, 0) is 61.3 Å². The molecule has 1 N–H and O–H groups in total. The lowest BCUT2D eigenvalue weighted by molar-refractivity contribution is 0.137. The number of aliphatic hydroxyl groups is 1. The average Bonchev–Trinajstić information content (AvgIpc) is 2.89. The van der Waals surface area contributed by atoms with Crippen molar-refractivity contribution in [2.75, 3.05) is 0 Å². The average molecular weight is 253 g/mol. The van der Waals surface area contributed by atoms with E-state index in [9.17, 15) is 5.11 Å². The minimum Gasteiger partial charge on any atom is -0.388 e. The van der Waals surface area contributed by atoms with Crippen molar-refractivity contribution in [1.82, 2.24) is 4.98 Å². The Kier molecular flexibility index (Phi) is 2.43. The summed E-state index contributed by atoms with van der Waals surface area (Å²) in [5.41, 5.74) is 3.13. The van der Waals surface area contributed by atoms with Crippen LogP contribution in [0.3, 0.4) is 0 Å². The highest BCUT2D eigenvalue weighted by Crippen LogP contribution is 2.62. The van der Waals surface area contributed by atoms with Gasteiger partial charge >= 0.3 is 0 Å². The van der Waals surface area contributed by atoms with Crippen molar-refractivity contribution in [2.24, 2.45) is 17.8 Å². The summed E-state index contributed by atoms with van der Waals surface area (Å²) in [5.74, 6) is 2.10. The third kappa shape index (κ3) is 1.78. The van der Waals surface area contributed by atoms with E-state index in [1.54, 1.807) is 0 Å². The lowest BCUT2D eigenvalue weighted by Crippen LogP contribution is -2.04. The maximum atomic E-state index is 10.6. The molecule has 0 amide bonds. The van der Waals surface area contributed by atoms with Crippen LogP contribution < -0.4 is 0 Å². The van der Waals surface area contributed by atoms with Crippen molar-refractivity contribution < 1.29 is 5.11 Å². The maximum Gasteiger partial charge on any atom is 0.0823 e. The first-order valence-electron chi connectivity index (χ1n) is 7.29. The summed E-state index contributed by atoms with van der Waals surface area (Å²) in [5, 5.41) is 11.7. The molecule has 2 nitrogen and oxygen atoms in total. The van der Waals surface area contributed by atoms with E-state index in [1.807, 2.05) is 25.1 Å². The van der Waals surface area contributed by atoms with Crippen LogP contribution in [0, 0.1) is 24.7 Å². The highest BCUT2D eigenvalue weighted by Gasteiger charge is 2.55. The van der Waals surface area contributed by atoms with Gasteiger partial charge in [0.15, 0.2) is 0 Å². The number of hydrogen-bond donors (Lipinski definition) is 1. The van der Waals surface area contributed by atoms with Crippen molar-refractivity contribution in [1.29, 1.82) is 0 Å². The van der Waals surface area contributed by atoms with Crippen molar-refractivity contribution in [3.8, 4) is 0 Å². The van der Waals surface area contributed by atoms with E-state index >= 15 is 0 Å². The predicted molar refractivity (Wildman–Crippen MR) is 75.8 cm³/mol. The van der Waals surface area contributed by atoms with Gasteiger partial charge in [0.1, 0.15) is 0 Å². The van der Waals surface area contributed by atoms with E-state index in [0.29, 0.717) is 5.92 Å². The summed E-state index contributed by atoms with van der Waals surface area (Å²) in [6.45, 7) is 2.01. The Balaban J connectivity index is 1.66. The zero-order valence-corrected chi connectivity index (χ0v) is 11.2. The van der Waals surface area contributed by atoms with Gasteiger partial charge in [-0.2, -0.15) is 0 Å². The first-order valence-corrected chi connectivity index (χ1v) is 7.29. The standard InChI is InChI=1S/C17H19NO/c1-10-5-6-11-9-12(7-8-15(11)18-10)17(19)16-13-3-2-4-14(13)16/h5-9,13-14,16-17,19H,2-4H2,1H3. The smallest absolute Gasteiger partial charge is 0.0823 e. The number of nitrogens with zero attached hydrogens (tertiary/aromatic N) is 1. The quantitative estimate of drug-likeness (QED) is 0.886. The molecule has 0 spiro atoms. The normalized spacial score (nSPS) is 30.3. The van der Waals surface area contributed by atoms with E-state index < -0.39 is 0 Å². The van der Waals surface area contributed by atoms with Gasteiger partial charge in [0.05, 0.1) is 11.6 Å². The third-order valence-corrected chi connectivity index (χ3v) is 5.03. The number of aliphatic hydroxyl groups excluding tert-OH is 1. The lowest BCUT2D eigenvalue weighted by atomic mass is 9.98. The number of rotatable bonds is 2. The molecule has 2 fully saturated rings. The molecule has 0 saturated heterocycles. The van der Waals surface area contributed by atoms with Gasteiger partial charge < -0.3 is 5.11 Å². The fourth-order valence-corrected chi connectivity index (χ4v) is 4.00. The molecule has 2 heteroatoms. The molecule has 2 aliphatic rings. The van der Waals surface area contributed by atoms with Gasteiger partial charge in [-0.3, -0.25) is 4.98 Å². The molecule has 98 valence electrons. The van der Waals surface area contributed by atoms with E-state index in [-0.39, 0.29) is 6.10 Å². The van der Waals surface area contributed by atoms with Crippen LogP contribution in [0.25, 0.3) is 10.9 Å². The Morgan fingerprint density at radius 2 is 1.95 bits per heavy atom. The fraction of sp³-hybridized carbons (Fsp3) is 0.471. The molecule has 0 radical (unpaired) electrons. The molecule has 19 heavy (non-hydrogen) atoms. The van der Waals surface area contributed by atoms with Crippen molar-refractivity contribution in [2.45, 2.75) is 32.3 Å². The SMILES string of the molecule is Cc1ccc2cc(C(O)C3C4CCCC43)ccc2n1. The van der Waals surface area contributed by atoms with Gasteiger partial charge in [0.2, 0.25) is 0 Å². The van der Waals surface area contributed by atoms with E-state index in [2.05, 4.69) is 17.1 Å². The van der Waals surface area contributed by atoms with E-state index in [4.69, 9.17) is 0 Å². The van der Waals surface area contributed by atoms with Crippen molar-refractivity contribution in [3.63, 3.8) is 0 Å². The summed E-state index contributed by atoms with van der Waals surface area (Å²) in [7, 11) is 0. The second-order valence-electron chi connectivity index (χ2n) is 6.19. The Hall–Kier alpha value is -1.41. The Morgan fingerprint density at radius 1 is 1.16 bits per heavy atom. The van der Waals surface area contributed by atoms with Gasteiger partial charge in [-0.25, -0.2) is 0 Å². The van der Waals surface area contributed by atoms with Crippen LogP contribution in [0.5, 0.6) is 0 Å². The van der Waals surface area contributed by atoms with Crippen molar-refractivity contribution in [3.05, 3.63) is 41.6 Å². The number of aromatic nitrogens is 1. The molecule has 1 aromatic carbocycles. The molecule has 2 aromatic rings. The second-order valence-corrected chi connectivity index (χ2v) is 6.19. The first kappa shape index (κ1) is 11.4. The third-order valence-electron chi connectivity index (χ3n) is 5.03. The topological polar surface area (TPSA) is 33.1 Å². The van der Waals surface area contributed by atoms with Gasteiger partial charge in [-0.1, -0.05) is 18.6 Å². The zero-order valence-electron chi connectivity index (χ0n) is 11.2. The van der Waals surface area contributed by atoms with Gasteiger partial charge in [-0.15, -0.1) is 0 Å². The summed E-state index contributed by atoms with van der Waals surface area (Å²) < 4.78 is 0. The molecule has 2 aliphatic carbocycles. The van der Waals surface area contributed by atoms with Crippen LogP contribution in [-0.2, 0) is 0 Å². The second kappa shape index (κ2) is 4.04. The first-order chi connectivity index (χ1) is 9.24. The van der Waals surface area contributed by atoms with Crippen LogP contribution in [0.4, 0.5) is 0 Å². The number of hydrogen-bond acceptors (Lipinski definition) is 2.